The molecule has 46 heavy (non-hydrogen) atoms. The third-order valence-electron chi connectivity index (χ3n) is 10.4. The van der Waals surface area contributed by atoms with Gasteiger partial charge in [0.1, 0.15) is 17.1 Å². The van der Waals surface area contributed by atoms with Crippen LogP contribution in [0.15, 0.2) is 83.1 Å². The number of allylic oxidation sites excluding steroid dienone is 2. The van der Waals surface area contributed by atoms with Crippen molar-refractivity contribution in [2.75, 3.05) is 0 Å². The Balaban J connectivity index is 0.000000234. The summed E-state index contributed by atoms with van der Waals surface area (Å²) in [6.07, 6.45) is 6.64. The number of aliphatic hydroxyl groups is 1. The van der Waals surface area contributed by atoms with Gasteiger partial charge in [-0.05, 0) is 43.2 Å². The smallest absolute Gasteiger partial charge is 0.164 e. The van der Waals surface area contributed by atoms with E-state index in [1.165, 1.54) is 22.6 Å². The number of para-hydroxylation sites is 2. The quantitative estimate of drug-likeness (QED) is 0.0962. The van der Waals surface area contributed by atoms with Crippen LogP contribution in [-0.2, 0) is 30.3 Å². The summed E-state index contributed by atoms with van der Waals surface area (Å²) >= 11 is 0. The standard InChI is InChI=1S/C25H17N2O.C15H28O2.Ir/c1-25(2)21-17(23-22(25)16-9-4-6-13-20(16)28-23)10-7-11-18(21)24-26-14-15-8-3-5-12-19(15)27-24;1-7-14(5,8-2)12(16)11-13(17)15(6,9-3)10-4;/h3-10,12-14H,1-2H3;11,16H,7-10H2,1-6H3;/q-1;;/b;12-11-;. The van der Waals surface area contributed by atoms with Crippen LogP contribution in [0.1, 0.15) is 92.2 Å². The van der Waals surface area contributed by atoms with Gasteiger partial charge in [0.25, 0.3) is 0 Å². The maximum absolute atomic E-state index is 12.2. The number of aromatic nitrogens is 2. The van der Waals surface area contributed by atoms with Crippen molar-refractivity contribution in [2.45, 2.75) is 86.5 Å². The second-order valence-electron chi connectivity index (χ2n) is 13.3. The van der Waals surface area contributed by atoms with Crippen LogP contribution in [0.3, 0.4) is 0 Å². The van der Waals surface area contributed by atoms with Crippen molar-refractivity contribution in [3.05, 3.63) is 95.9 Å². The van der Waals surface area contributed by atoms with Crippen LogP contribution in [-0.4, -0.2) is 20.9 Å². The molecule has 0 aliphatic heterocycles. The number of benzene rings is 3. The van der Waals surface area contributed by atoms with Crippen LogP contribution in [0.5, 0.6) is 0 Å². The molecule has 5 nitrogen and oxygen atoms in total. The first-order valence-electron chi connectivity index (χ1n) is 16.2. The summed E-state index contributed by atoms with van der Waals surface area (Å²) < 4.78 is 6.28. The van der Waals surface area contributed by atoms with Gasteiger partial charge in [0.15, 0.2) is 5.78 Å². The summed E-state index contributed by atoms with van der Waals surface area (Å²) in [5.74, 6) is 1.95. The molecule has 0 spiro atoms. The largest absolute Gasteiger partial charge is 0.512 e. The first-order valence-corrected chi connectivity index (χ1v) is 16.2. The number of rotatable bonds is 8. The SMILES string of the molecule is CC1(C)c2c(-c3ncc4ccccc4n3)[c-]ccc2-c2oc3ccccc3c21.CCC(C)(CC)C(=O)/C=C(\O)C(C)(CC)CC.[Ir]. The Hall–Kier alpha value is -3.60. The first kappa shape index (κ1) is 35.3. The number of carbonyl (C=O) groups excluding carboxylic acids is 1. The molecule has 2 aromatic heterocycles. The van der Waals surface area contributed by atoms with Crippen molar-refractivity contribution in [1.82, 2.24) is 9.97 Å². The van der Waals surface area contributed by atoms with E-state index in [1.54, 1.807) is 0 Å². The summed E-state index contributed by atoms with van der Waals surface area (Å²) in [5, 5.41) is 12.3. The van der Waals surface area contributed by atoms with Crippen molar-refractivity contribution < 1.29 is 34.4 Å². The van der Waals surface area contributed by atoms with Gasteiger partial charge < -0.3 is 9.52 Å². The molecule has 0 atom stereocenters. The molecule has 0 saturated carbocycles. The van der Waals surface area contributed by atoms with Crippen molar-refractivity contribution in [2.24, 2.45) is 10.8 Å². The Labute approximate surface area is 286 Å². The number of carbonyl (C=O) groups is 1. The monoisotopic (exact) mass is 794 g/mol. The van der Waals surface area contributed by atoms with E-state index < -0.39 is 0 Å². The minimum absolute atomic E-state index is 0. The number of nitrogens with zero attached hydrogens (tertiary/aromatic N) is 2. The fourth-order valence-corrected chi connectivity index (χ4v) is 6.27. The first-order chi connectivity index (χ1) is 21.4. The van der Waals surface area contributed by atoms with Crippen LogP contribution in [0.4, 0.5) is 0 Å². The van der Waals surface area contributed by atoms with Crippen molar-refractivity contribution in [1.29, 1.82) is 0 Å². The zero-order valence-electron chi connectivity index (χ0n) is 28.2. The fourth-order valence-electron chi connectivity index (χ4n) is 6.27. The predicted molar refractivity (Wildman–Crippen MR) is 184 cm³/mol. The van der Waals surface area contributed by atoms with Crippen molar-refractivity contribution in [3.63, 3.8) is 0 Å². The Morgan fingerprint density at radius 2 is 1.54 bits per heavy atom. The Kier molecular flexibility index (Phi) is 10.4. The minimum Gasteiger partial charge on any atom is -0.512 e. The van der Waals surface area contributed by atoms with E-state index in [4.69, 9.17) is 9.40 Å². The maximum atomic E-state index is 12.2. The molecule has 2 heterocycles. The van der Waals surface area contributed by atoms with Crippen LogP contribution in [0.2, 0.25) is 0 Å². The van der Waals surface area contributed by atoms with E-state index in [9.17, 15) is 9.90 Å². The molecule has 5 aromatic rings. The zero-order valence-corrected chi connectivity index (χ0v) is 30.6. The number of furan rings is 1. The van der Waals surface area contributed by atoms with Crippen LogP contribution in [0.25, 0.3) is 44.6 Å². The Morgan fingerprint density at radius 3 is 2.22 bits per heavy atom. The summed E-state index contributed by atoms with van der Waals surface area (Å²) in [4.78, 5) is 21.7. The van der Waals surface area contributed by atoms with E-state index in [2.05, 4.69) is 43.1 Å². The molecule has 6 rings (SSSR count). The van der Waals surface area contributed by atoms with Gasteiger partial charge >= 0.3 is 0 Å². The zero-order chi connectivity index (χ0) is 32.6. The normalized spacial score (nSPS) is 13.9. The van der Waals surface area contributed by atoms with Gasteiger partial charge in [0, 0.05) is 59.5 Å². The number of hydrogen-bond donors (Lipinski definition) is 1. The molecule has 1 aliphatic rings. The maximum Gasteiger partial charge on any atom is 0.164 e. The second kappa shape index (κ2) is 13.6. The molecule has 0 saturated heterocycles. The summed E-state index contributed by atoms with van der Waals surface area (Å²) in [6.45, 7) is 16.6. The Bertz CT molecular complexity index is 1890. The molecular weight excluding hydrogens is 749 g/mol. The topological polar surface area (TPSA) is 76.2 Å². The van der Waals surface area contributed by atoms with Gasteiger partial charge in [-0.1, -0.05) is 97.4 Å². The van der Waals surface area contributed by atoms with Crippen LogP contribution in [0, 0.1) is 16.9 Å². The fraction of sp³-hybridized carbons (Fsp3) is 0.375. The van der Waals surface area contributed by atoms with Gasteiger partial charge in [-0.2, -0.15) is 0 Å². The number of aliphatic hydroxyl groups excluding tert-OH is 1. The van der Waals surface area contributed by atoms with E-state index in [0.717, 1.165) is 59.1 Å². The van der Waals surface area contributed by atoms with Crippen molar-refractivity contribution >= 4 is 27.7 Å². The van der Waals surface area contributed by atoms with Gasteiger partial charge in [0.05, 0.1) is 11.3 Å². The average molecular weight is 794 g/mol. The number of fused-ring (bicyclic) bond motifs is 6. The van der Waals surface area contributed by atoms with Gasteiger partial charge in [-0.25, -0.2) is 0 Å². The molecule has 1 radical (unpaired) electrons. The second-order valence-corrected chi connectivity index (χ2v) is 13.3. The van der Waals surface area contributed by atoms with Crippen LogP contribution < -0.4 is 0 Å². The molecule has 6 heteroatoms. The molecule has 243 valence electrons. The summed E-state index contributed by atoms with van der Waals surface area (Å²) in [5.41, 5.74) is 5.53. The third kappa shape index (κ3) is 6.10. The van der Waals surface area contributed by atoms with Gasteiger partial charge in [-0.15, -0.1) is 29.3 Å². The van der Waals surface area contributed by atoms with E-state index in [0.29, 0.717) is 5.82 Å². The van der Waals surface area contributed by atoms with Gasteiger partial charge in [-0.3, -0.25) is 14.8 Å². The molecule has 0 fully saturated rings. The molecule has 0 unspecified atom stereocenters. The van der Waals surface area contributed by atoms with E-state index >= 15 is 0 Å². The number of hydrogen-bond acceptors (Lipinski definition) is 5. The third-order valence-corrected chi connectivity index (χ3v) is 10.4. The van der Waals surface area contributed by atoms with E-state index in [-0.39, 0.29) is 47.9 Å². The van der Waals surface area contributed by atoms with Gasteiger partial charge in [0.2, 0.25) is 0 Å². The minimum atomic E-state index is -0.337. The molecule has 3 aromatic carbocycles. The Morgan fingerprint density at radius 1 is 0.913 bits per heavy atom. The summed E-state index contributed by atoms with van der Waals surface area (Å²) in [6, 6.07) is 23.8. The number of ketones is 1. The van der Waals surface area contributed by atoms with Crippen LogP contribution >= 0.6 is 0 Å². The predicted octanol–water partition coefficient (Wildman–Crippen LogP) is 10.8. The molecule has 1 N–H and O–H groups in total. The molecule has 0 amide bonds. The molecular formula is C40H45IrN2O3-. The average Bonchev–Trinajstić information content (AvgIpc) is 3.57. The summed E-state index contributed by atoms with van der Waals surface area (Å²) in [7, 11) is 0. The molecule has 1 aliphatic carbocycles. The van der Waals surface area contributed by atoms with Crippen molar-refractivity contribution in [3.8, 4) is 22.7 Å². The molecule has 0 bridgehead atoms. The van der Waals surface area contributed by atoms with E-state index in [1.807, 2.05) is 90.2 Å².